The number of hydrogen-bond donors (Lipinski definition) is 1. The fourth-order valence-corrected chi connectivity index (χ4v) is 2.48. The molecular weight excluding hydrogens is 238 g/mol. The Hall–Kier alpha value is -0.710. The maximum Gasteiger partial charge on any atom is 0.250 e. The van der Waals surface area contributed by atoms with Crippen LogP contribution in [0.1, 0.15) is 39.5 Å². The number of nitrogens with zero attached hydrogens (tertiary/aromatic N) is 1. The second kappa shape index (κ2) is 7.67. The molecule has 0 aromatic heterocycles. The predicted molar refractivity (Wildman–Crippen MR) is 67.7 cm³/mol. The van der Waals surface area contributed by atoms with Crippen molar-refractivity contribution in [2.24, 2.45) is 5.92 Å². The molecule has 1 aliphatic rings. The summed E-state index contributed by atoms with van der Waals surface area (Å²) < 4.78 is 24.4. The minimum absolute atomic E-state index is 0.0125. The van der Waals surface area contributed by atoms with E-state index in [0.29, 0.717) is 18.9 Å². The third kappa shape index (κ3) is 4.88. The second-order valence-corrected chi connectivity index (χ2v) is 5.05. The Bertz CT molecular complexity index is 261. The number of halogens is 2. The zero-order chi connectivity index (χ0) is 13.5. The normalized spacial score (nSPS) is 24.6. The molecule has 3 nitrogen and oxygen atoms in total. The quantitative estimate of drug-likeness (QED) is 0.796. The zero-order valence-electron chi connectivity index (χ0n) is 11.3. The Morgan fingerprint density at radius 3 is 2.67 bits per heavy atom. The lowest BCUT2D eigenvalue weighted by atomic mass is 9.92. The summed E-state index contributed by atoms with van der Waals surface area (Å²) in [6.07, 6.45) is 0.938. The first-order valence-corrected chi connectivity index (χ1v) is 6.86. The molecule has 1 heterocycles. The number of alkyl halides is 2. The van der Waals surface area contributed by atoms with Crippen molar-refractivity contribution in [2.75, 3.05) is 19.6 Å². The van der Waals surface area contributed by atoms with Crippen LogP contribution in [-0.4, -0.2) is 42.9 Å². The first-order valence-electron chi connectivity index (χ1n) is 6.86. The summed E-state index contributed by atoms with van der Waals surface area (Å²) in [5, 5.41) is 2.87. The van der Waals surface area contributed by atoms with Crippen LogP contribution in [0.5, 0.6) is 0 Å². The number of piperidine rings is 1. The lowest BCUT2D eigenvalue weighted by Gasteiger charge is -2.38. The molecule has 18 heavy (non-hydrogen) atoms. The molecule has 1 aliphatic heterocycles. The number of likely N-dealkylation sites (tertiary alicyclic amines) is 1. The Kier molecular flexibility index (Phi) is 6.54. The molecular formula is C13H24F2N2O. The molecule has 1 amide bonds. The van der Waals surface area contributed by atoms with Gasteiger partial charge in [-0.1, -0.05) is 20.3 Å². The molecule has 2 unspecified atom stereocenters. The molecule has 5 heteroatoms. The summed E-state index contributed by atoms with van der Waals surface area (Å²) in [6.45, 7) is 5.13. The first kappa shape index (κ1) is 15.3. The third-order valence-electron chi connectivity index (χ3n) is 3.49. The second-order valence-electron chi connectivity index (χ2n) is 5.05. The topological polar surface area (TPSA) is 32.3 Å². The van der Waals surface area contributed by atoms with E-state index in [1.165, 1.54) is 0 Å². The van der Waals surface area contributed by atoms with E-state index in [-0.39, 0.29) is 18.5 Å². The third-order valence-corrected chi connectivity index (χ3v) is 3.49. The van der Waals surface area contributed by atoms with Gasteiger partial charge in [0.1, 0.15) is 0 Å². The van der Waals surface area contributed by atoms with Crippen LogP contribution in [0.15, 0.2) is 0 Å². The molecule has 0 bridgehead atoms. The van der Waals surface area contributed by atoms with Gasteiger partial charge in [0, 0.05) is 25.6 Å². The fourth-order valence-electron chi connectivity index (χ4n) is 2.48. The van der Waals surface area contributed by atoms with E-state index in [0.717, 1.165) is 25.8 Å². The van der Waals surface area contributed by atoms with Gasteiger partial charge in [-0.05, 0) is 18.8 Å². The summed E-state index contributed by atoms with van der Waals surface area (Å²) >= 11 is 0. The zero-order valence-corrected chi connectivity index (χ0v) is 11.3. The van der Waals surface area contributed by atoms with Crippen molar-refractivity contribution in [3.05, 3.63) is 0 Å². The van der Waals surface area contributed by atoms with E-state index in [9.17, 15) is 13.6 Å². The van der Waals surface area contributed by atoms with E-state index in [2.05, 4.69) is 12.2 Å². The van der Waals surface area contributed by atoms with Gasteiger partial charge in [0.05, 0.1) is 6.54 Å². The van der Waals surface area contributed by atoms with Crippen molar-refractivity contribution in [3.8, 4) is 0 Å². The van der Waals surface area contributed by atoms with Gasteiger partial charge in [-0.25, -0.2) is 8.78 Å². The molecule has 0 saturated carbocycles. The lowest BCUT2D eigenvalue weighted by molar-refractivity contribution is -0.133. The average molecular weight is 262 g/mol. The molecule has 1 rings (SSSR count). The predicted octanol–water partition coefficient (Wildman–Crippen LogP) is 2.27. The fraction of sp³-hybridized carbons (Fsp3) is 0.923. The standard InChI is InChI=1S/C13H24F2N2O/c1-3-5-13(18)17-8-10(4-2)6-11(9-17)16-7-12(14)15/h10-12,16H,3-9H2,1-2H3. The highest BCUT2D eigenvalue weighted by Gasteiger charge is 2.28. The SMILES string of the molecule is CCCC(=O)N1CC(CC)CC(NCC(F)F)C1. The Labute approximate surface area is 108 Å². The largest absolute Gasteiger partial charge is 0.341 e. The number of carbonyl (C=O) groups is 1. The van der Waals surface area contributed by atoms with Crippen LogP contribution >= 0.6 is 0 Å². The van der Waals surface area contributed by atoms with Crippen LogP contribution in [0.4, 0.5) is 8.78 Å². The number of amides is 1. The van der Waals surface area contributed by atoms with Gasteiger partial charge in [0.25, 0.3) is 6.43 Å². The first-order chi connectivity index (χ1) is 8.56. The molecule has 0 aromatic rings. The highest BCUT2D eigenvalue weighted by Crippen LogP contribution is 2.20. The summed E-state index contributed by atoms with van der Waals surface area (Å²) in [5.41, 5.74) is 0. The monoisotopic (exact) mass is 262 g/mol. The van der Waals surface area contributed by atoms with Crippen molar-refractivity contribution in [3.63, 3.8) is 0 Å². The highest BCUT2D eigenvalue weighted by atomic mass is 19.3. The molecule has 2 atom stereocenters. The van der Waals surface area contributed by atoms with Crippen molar-refractivity contribution in [2.45, 2.75) is 52.0 Å². The van der Waals surface area contributed by atoms with E-state index in [4.69, 9.17) is 0 Å². The lowest BCUT2D eigenvalue weighted by Crippen LogP contribution is -2.51. The van der Waals surface area contributed by atoms with E-state index >= 15 is 0 Å². The van der Waals surface area contributed by atoms with Crippen LogP contribution in [0, 0.1) is 5.92 Å². The maximum absolute atomic E-state index is 12.2. The smallest absolute Gasteiger partial charge is 0.250 e. The molecule has 0 aliphatic carbocycles. The van der Waals surface area contributed by atoms with Gasteiger partial charge in [-0.2, -0.15) is 0 Å². The van der Waals surface area contributed by atoms with Crippen LogP contribution < -0.4 is 5.32 Å². The summed E-state index contributed by atoms with van der Waals surface area (Å²) in [4.78, 5) is 13.7. The van der Waals surface area contributed by atoms with E-state index in [1.807, 2.05) is 11.8 Å². The van der Waals surface area contributed by atoms with E-state index in [1.54, 1.807) is 0 Å². The van der Waals surface area contributed by atoms with Crippen LogP contribution in [-0.2, 0) is 4.79 Å². The van der Waals surface area contributed by atoms with Crippen molar-refractivity contribution >= 4 is 5.91 Å². The van der Waals surface area contributed by atoms with Crippen LogP contribution in [0.3, 0.4) is 0 Å². The molecule has 1 N–H and O–H groups in total. The van der Waals surface area contributed by atoms with Gasteiger partial charge in [-0.3, -0.25) is 4.79 Å². The highest BCUT2D eigenvalue weighted by molar-refractivity contribution is 5.76. The van der Waals surface area contributed by atoms with Gasteiger partial charge in [0.15, 0.2) is 0 Å². The maximum atomic E-state index is 12.2. The Balaban J connectivity index is 2.51. The number of carbonyl (C=O) groups excluding carboxylic acids is 1. The number of nitrogens with one attached hydrogen (secondary N) is 1. The van der Waals surface area contributed by atoms with Gasteiger partial charge in [-0.15, -0.1) is 0 Å². The minimum atomic E-state index is -2.33. The summed E-state index contributed by atoms with van der Waals surface area (Å²) in [6, 6.07) is 0.0125. The Morgan fingerprint density at radius 1 is 1.39 bits per heavy atom. The molecule has 106 valence electrons. The summed E-state index contributed by atoms with van der Waals surface area (Å²) in [7, 11) is 0. The van der Waals surface area contributed by atoms with Crippen LogP contribution in [0.25, 0.3) is 0 Å². The summed E-state index contributed by atoms with van der Waals surface area (Å²) in [5.74, 6) is 0.578. The molecule has 1 saturated heterocycles. The molecule has 0 aromatic carbocycles. The molecule has 0 spiro atoms. The molecule has 0 radical (unpaired) electrons. The Morgan fingerprint density at radius 2 is 2.11 bits per heavy atom. The van der Waals surface area contributed by atoms with E-state index < -0.39 is 6.43 Å². The number of hydrogen-bond acceptors (Lipinski definition) is 2. The average Bonchev–Trinajstić information content (AvgIpc) is 2.36. The molecule has 1 fully saturated rings. The van der Waals surface area contributed by atoms with Gasteiger partial charge < -0.3 is 10.2 Å². The number of rotatable bonds is 6. The van der Waals surface area contributed by atoms with Crippen molar-refractivity contribution in [1.82, 2.24) is 10.2 Å². The van der Waals surface area contributed by atoms with Gasteiger partial charge >= 0.3 is 0 Å². The van der Waals surface area contributed by atoms with Gasteiger partial charge in [0.2, 0.25) is 5.91 Å². The van der Waals surface area contributed by atoms with Crippen molar-refractivity contribution in [1.29, 1.82) is 0 Å². The van der Waals surface area contributed by atoms with Crippen molar-refractivity contribution < 1.29 is 13.6 Å². The minimum Gasteiger partial charge on any atom is -0.341 e. The van der Waals surface area contributed by atoms with Crippen LogP contribution in [0.2, 0.25) is 0 Å².